The molecule has 0 saturated heterocycles. The lowest BCUT2D eigenvalue weighted by atomic mass is 9.85. The third-order valence-corrected chi connectivity index (χ3v) is 5.24. The Bertz CT molecular complexity index is 509. The van der Waals surface area contributed by atoms with Crippen LogP contribution in [0.4, 0.5) is 0 Å². The maximum atomic E-state index is 12.3. The van der Waals surface area contributed by atoms with Crippen molar-refractivity contribution in [2.45, 2.75) is 83.7 Å². The zero-order valence-electron chi connectivity index (χ0n) is 15.9. The van der Waals surface area contributed by atoms with Crippen LogP contribution < -0.4 is 0 Å². The van der Waals surface area contributed by atoms with Crippen molar-refractivity contribution in [3.8, 4) is 6.07 Å². The molecule has 0 aromatic carbocycles. The number of carbonyl (C=O) groups excluding carboxylic acids is 1. The number of aliphatic carboxylic acids is 1. The van der Waals surface area contributed by atoms with Crippen LogP contribution in [0.3, 0.4) is 0 Å². The highest BCUT2D eigenvalue weighted by molar-refractivity contribution is 5.84. The van der Waals surface area contributed by atoms with Crippen molar-refractivity contribution in [2.75, 3.05) is 0 Å². The van der Waals surface area contributed by atoms with E-state index in [1.165, 1.54) is 0 Å². The second-order valence-corrected chi connectivity index (χ2v) is 7.38. The van der Waals surface area contributed by atoms with Gasteiger partial charge in [-0.15, -0.1) is 0 Å². The van der Waals surface area contributed by atoms with Crippen LogP contribution in [0, 0.1) is 29.1 Å². The molecular weight excluding hydrogens is 330 g/mol. The molecule has 5 heteroatoms. The van der Waals surface area contributed by atoms with E-state index in [1.807, 2.05) is 6.08 Å². The molecule has 0 radical (unpaired) electrons. The van der Waals surface area contributed by atoms with E-state index in [0.29, 0.717) is 12.8 Å². The van der Waals surface area contributed by atoms with Gasteiger partial charge >= 0.3 is 5.97 Å². The highest BCUT2D eigenvalue weighted by Crippen LogP contribution is 2.38. The van der Waals surface area contributed by atoms with Crippen LogP contribution in [-0.4, -0.2) is 28.1 Å². The summed E-state index contributed by atoms with van der Waals surface area (Å²) in [5, 5.41) is 28.0. The second-order valence-electron chi connectivity index (χ2n) is 7.38. The standard InChI is InChI=1S/C21H33NO4/c1-2-3-6-9-17(23)12-13-18-16(15-22)14-20(24)19(18)10-7-4-5-8-11-21(25)26/h12-13,16-19,23H,2-11,14H2,1H3,(H,25,26)/t16-,17-,18-,19+/m0/s1. The van der Waals surface area contributed by atoms with Crippen molar-refractivity contribution >= 4 is 11.8 Å². The van der Waals surface area contributed by atoms with Crippen LogP contribution in [0.1, 0.15) is 77.6 Å². The number of carbonyl (C=O) groups is 2. The van der Waals surface area contributed by atoms with E-state index >= 15 is 0 Å². The van der Waals surface area contributed by atoms with E-state index < -0.39 is 12.1 Å². The van der Waals surface area contributed by atoms with E-state index in [2.05, 4.69) is 13.0 Å². The normalized spacial score (nSPS) is 24.0. The summed E-state index contributed by atoms with van der Waals surface area (Å²) in [6, 6.07) is 2.25. The number of aliphatic hydroxyl groups excluding tert-OH is 1. The highest BCUT2D eigenvalue weighted by atomic mass is 16.4. The van der Waals surface area contributed by atoms with Gasteiger partial charge in [0.25, 0.3) is 0 Å². The van der Waals surface area contributed by atoms with Gasteiger partial charge in [0.2, 0.25) is 0 Å². The minimum absolute atomic E-state index is 0.104. The SMILES string of the molecule is CCCCC[C@H](O)C=C[C@H]1[C@H](C#N)CC(=O)[C@@H]1CCCCCCC(=O)O. The lowest BCUT2D eigenvalue weighted by Crippen LogP contribution is -2.16. The molecule has 5 nitrogen and oxygen atoms in total. The average molecular weight is 363 g/mol. The zero-order valence-corrected chi connectivity index (χ0v) is 15.9. The van der Waals surface area contributed by atoms with E-state index in [-0.39, 0.29) is 30.0 Å². The summed E-state index contributed by atoms with van der Waals surface area (Å²) in [7, 11) is 0. The maximum Gasteiger partial charge on any atom is 0.303 e. The highest BCUT2D eigenvalue weighted by Gasteiger charge is 2.40. The molecule has 1 aliphatic carbocycles. The molecular formula is C21H33NO4. The van der Waals surface area contributed by atoms with Gasteiger partial charge < -0.3 is 10.2 Å². The van der Waals surface area contributed by atoms with E-state index in [4.69, 9.17) is 5.11 Å². The van der Waals surface area contributed by atoms with Gasteiger partial charge in [0.05, 0.1) is 18.1 Å². The van der Waals surface area contributed by atoms with Crippen LogP contribution in [0.15, 0.2) is 12.2 Å². The minimum Gasteiger partial charge on any atom is -0.481 e. The molecule has 1 aliphatic rings. The van der Waals surface area contributed by atoms with Gasteiger partial charge in [-0.25, -0.2) is 0 Å². The number of aliphatic hydroxyl groups is 1. The van der Waals surface area contributed by atoms with E-state index in [1.54, 1.807) is 6.08 Å². The van der Waals surface area contributed by atoms with Crippen molar-refractivity contribution < 1.29 is 19.8 Å². The molecule has 0 aromatic heterocycles. The molecule has 0 amide bonds. The number of nitrogens with zero attached hydrogens (tertiary/aromatic N) is 1. The van der Waals surface area contributed by atoms with Gasteiger partial charge in [-0.2, -0.15) is 5.26 Å². The quantitative estimate of drug-likeness (QED) is 0.376. The number of hydrogen-bond acceptors (Lipinski definition) is 4. The average Bonchev–Trinajstić information content (AvgIpc) is 2.91. The van der Waals surface area contributed by atoms with Crippen molar-refractivity contribution in [3.05, 3.63) is 12.2 Å². The maximum absolute atomic E-state index is 12.3. The summed E-state index contributed by atoms with van der Waals surface area (Å²) in [5.41, 5.74) is 0. The molecule has 146 valence electrons. The molecule has 1 fully saturated rings. The van der Waals surface area contributed by atoms with Gasteiger partial charge in [0, 0.05) is 24.7 Å². The Labute approximate surface area is 157 Å². The fourth-order valence-electron chi connectivity index (χ4n) is 3.70. The van der Waals surface area contributed by atoms with Crippen molar-refractivity contribution in [3.63, 3.8) is 0 Å². The van der Waals surface area contributed by atoms with Gasteiger partial charge in [0.15, 0.2) is 0 Å². The molecule has 0 heterocycles. The monoisotopic (exact) mass is 363 g/mol. The lowest BCUT2D eigenvalue weighted by Gasteiger charge is -2.17. The Morgan fingerprint density at radius 1 is 1.27 bits per heavy atom. The molecule has 1 saturated carbocycles. The molecule has 0 unspecified atom stereocenters. The molecule has 4 atom stereocenters. The van der Waals surface area contributed by atoms with Crippen LogP contribution in [0.2, 0.25) is 0 Å². The summed E-state index contributed by atoms with van der Waals surface area (Å²) >= 11 is 0. The predicted octanol–water partition coefficient (Wildman–Crippen LogP) is 4.25. The first-order valence-corrected chi connectivity index (χ1v) is 10.00. The molecule has 0 aromatic rings. The summed E-state index contributed by atoms with van der Waals surface area (Å²) in [6.07, 6.45) is 11.6. The molecule has 0 spiro atoms. The molecule has 2 N–H and O–H groups in total. The summed E-state index contributed by atoms with van der Waals surface area (Å²) < 4.78 is 0. The van der Waals surface area contributed by atoms with E-state index in [0.717, 1.165) is 51.4 Å². The number of nitriles is 1. The number of carboxylic acid groups (broad SMARTS) is 1. The number of rotatable bonds is 13. The Hall–Kier alpha value is -1.67. The third kappa shape index (κ3) is 8.14. The topological polar surface area (TPSA) is 98.4 Å². The Balaban J connectivity index is 2.49. The van der Waals surface area contributed by atoms with Crippen LogP contribution in [0.5, 0.6) is 0 Å². The molecule has 26 heavy (non-hydrogen) atoms. The zero-order chi connectivity index (χ0) is 19.4. The Morgan fingerprint density at radius 3 is 2.65 bits per heavy atom. The largest absolute Gasteiger partial charge is 0.481 e. The summed E-state index contributed by atoms with van der Waals surface area (Å²) in [5.74, 6) is -1.16. The second kappa shape index (κ2) is 12.6. The molecule has 0 aliphatic heterocycles. The summed E-state index contributed by atoms with van der Waals surface area (Å²) in [6.45, 7) is 2.12. The molecule has 1 rings (SSSR count). The van der Waals surface area contributed by atoms with Crippen LogP contribution in [0.25, 0.3) is 0 Å². The first kappa shape index (κ1) is 22.4. The smallest absolute Gasteiger partial charge is 0.303 e. The fourth-order valence-corrected chi connectivity index (χ4v) is 3.70. The summed E-state index contributed by atoms with van der Waals surface area (Å²) in [4.78, 5) is 22.8. The first-order chi connectivity index (χ1) is 12.5. The number of hydrogen-bond donors (Lipinski definition) is 2. The number of ketones is 1. The van der Waals surface area contributed by atoms with Crippen molar-refractivity contribution in [1.29, 1.82) is 5.26 Å². The lowest BCUT2D eigenvalue weighted by molar-refractivity contribution is -0.137. The van der Waals surface area contributed by atoms with Crippen molar-refractivity contribution in [1.82, 2.24) is 0 Å². The minimum atomic E-state index is -0.768. The molecule has 0 bridgehead atoms. The van der Waals surface area contributed by atoms with Crippen LogP contribution >= 0.6 is 0 Å². The van der Waals surface area contributed by atoms with Gasteiger partial charge in [-0.3, -0.25) is 9.59 Å². The first-order valence-electron chi connectivity index (χ1n) is 10.00. The Kier molecular flexibility index (Phi) is 10.9. The Morgan fingerprint density at radius 2 is 2.00 bits per heavy atom. The number of carboxylic acids is 1. The van der Waals surface area contributed by atoms with Crippen LogP contribution in [-0.2, 0) is 9.59 Å². The van der Waals surface area contributed by atoms with Crippen molar-refractivity contribution in [2.24, 2.45) is 17.8 Å². The van der Waals surface area contributed by atoms with Gasteiger partial charge in [-0.1, -0.05) is 57.6 Å². The number of allylic oxidation sites excluding steroid dienone is 1. The fraction of sp³-hybridized carbons (Fsp3) is 0.762. The third-order valence-electron chi connectivity index (χ3n) is 5.24. The predicted molar refractivity (Wildman–Crippen MR) is 100 cm³/mol. The van der Waals surface area contributed by atoms with Gasteiger partial charge in [-0.05, 0) is 19.3 Å². The van der Waals surface area contributed by atoms with Gasteiger partial charge in [0.1, 0.15) is 5.78 Å². The van der Waals surface area contributed by atoms with E-state index in [9.17, 15) is 20.0 Å². The number of Topliss-reactive ketones (excluding diaryl/α,β-unsaturated/α-hetero) is 1. The number of unbranched alkanes of at least 4 members (excludes halogenated alkanes) is 5.